The minimum atomic E-state index is -3.14. The third kappa shape index (κ3) is 5.16. The Labute approximate surface area is 252 Å². The van der Waals surface area contributed by atoms with E-state index in [0.717, 1.165) is 70.4 Å². The number of aryl methyl sites for hydroxylation is 2. The van der Waals surface area contributed by atoms with Crippen molar-refractivity contribution < 1.29 is 16.8 Å². The molecule has 0 unspecified atom stereocenters. The van der Waals surface area contributed by atoms with Gasteiger partial charge in [0.25, 0.3) is 0 Å². The molecule has 0 N–H and O–H groups in total. The lowest BCUT2D eigenvalue weighted by Gasteiger charge is -2.35. The summed E-state index contributed by atoms with van der Waals surface area (Å²) in [6, 6.07) is 8.95. The molecule has 3 heterocycles. The minimum Gasteiger partial charge on any atom is -0.369 e. The second-order valence-corrected chi connectivity index (χ2v) is 17.6. The van der Waals surface area contributed by atoms with Gasteiger partial charge < -0.3 is 4.90 Å². The van der Waals surface area contributed by atoms with Crippen molar-refractivity contribution in [1.29, 1.82) is 0 Å². The Morgan fingerprint density at radius 1 is 0.786 bits per heavy atom. The van der Waals surface area contributed by atoms with Crippen LogP contribution in [0.2, 0.25) is 0 Å². The monoisotopic (exact) mass is 630 g/mol. The first-order chi connectivity index (χ1) is 20.2. The van der Waals surface area contributed by atoms with Gasteiger partial charge in [0.05, 0.1) is 44.4 Å². The minimum absolute atomic E-state index is 0.157. The molecule has 2 saturated carbocycles. The smallest absolute Gasteiger partial charge is 0.217 e. The second kappa shape index (κ2) is 10.8. The standard InChI is InChI=1S/C30H40N5O4S3/c1-3-21-17-23(32-9-13-34(14-10-32)41(36,37)25-5-6-25)19-27-29(21)31-30-22(4-2)18-24(20-28(30)40-27)33-11-15-35(16-12-33)42(38,39)26-7-8-26/h17-20,25-26H,3-16H2,1-2H3/q+1. The number of nitrogens with zero attached hydrogens (tertiary/aromatic N) is 5. The maximum absolute atomic E-state index is 12.7. The van der Waals surface area contributed by atoms with Crippen molar-refractivity contribution in [2.75, 3.05) is 57.3 Å². The third-order valence-corrected chi connectivity index (χ3v) is 15.2. The molecule has 6 aliphatic rings. The van der Waals surface area contributed by atoms with Gasteiger partial charge in [0.2, 0.25) is 25.4 Å². The third-order valence-electron chi connectivity index (χ3n) is 9.30. The van der Waals surface area contributed by atoms with Crippen molar-refractivity contribution >= 4 is 47.3 Å². The molecule has 0 radical (unpaired) electrons. The fraction of sp³-hybridized carbons (Fsp3) is 0.600. The zero-order valence-electron chi connectivity index (χ0n) is 24.5. The van der Waals surface area contributed by atoms with E-state index in [0.29, 0.717) is 52.4 Å². The van der Waals surface area contributed by atoms with Gasteiger partial charge in [-0.25, -0.2) is 26.4 Å². The van der Waals surface area contributed by atoms with Gasteiger partial charge in [-0.1, -0.05) is 13.8 Å². The molecule has 226 valence electrons. The molecule has 0 aromatic heterocycles. The van der Waals surface area contributed by atoms with Crippen molar-refractivity contribution in [3.05, 3.63) is 40.7 Å². The maximum Gasteiger partial charge on any atom is 0.217 e. The van der Waals surface area contributed by atoms with Crippen LogP contribution in [0.4, 0.5) is 5.69 Å². The molecule has 7 rings (SSSR count). The van der Waals surface area contributed by atoms with Crippen molar-refractivity contribution in [1.82, 2.24) is 18.2 Å². The molecule has 0 atom stereocenters. The Morgan fingerprint density at radius 3 is 1.95 bits per heavy atom. The molecular weight excluding hydrogens is 591 g/mol. The number of fused-ring (bicyclic) bond motifs is 2. The summed E-state index contributed by atoms with van der Waals surface area (Å²) >= 11 is 1.77. The molecule has 2 saturated heterocycles. The van der Waals surface area contributed by atoms with Crippen LogP contribution in [0.25, 0.3) is 20.8 Å². The molecule has 0 spiro atoms. The average Bonchev–Trinajstić information content (AvgIpc) is 3.91. The summed E-state index contributed by atoms with van der Waals surface area (Å²) in [7, 11) is -6.27. The first-order valence-electron chi connectivity index (χ1n) is 15.4. The number of sulfonamides is 2. The van der Waals surface area contributed by atoms with Crippen LogP contribution in [-0.2, 0) is 32.9 Å². The average molecular weight is 631 g/mol. The van der Waals surface area contributed by atoms with Gasteiger partial charge in [-0.2, -0.15) is 8.61 Å². The molecule has 4 fully saturated rings. The lowest BCUT2D eigenvalue weighted by Crippen LogP contribution is -2.50. The fourth-order valence-corrected chi connectivity index (χ4v) is 11.2. The van der Waals surface area contributed by atoms with Crippen LogP contribution in [0.1, 0.15) is 50.7 Å². The first-order valence-corrected chi connectivity index (χ1v) is 19.2. The van der Waals surface area contributed by atoms with E-state index in [9.17, 15) is 16.8 Å². The number of rotatable bonds is 7. The number of hydrogen-bond donors (Lipinski definition) is 0. The number of benzene rings is 2. The topological polar surface area (TPSA) is 93.9 Å². The Bertz CT molecular complexity index is 1780. The zero-order chi connectivity index (χ0) is 29.2. The highest BCUT2D eigenvalue weighted by atomic mass is 32.2. The summed E-state index contributed by atoms with van der Waals surface area (Å²) in [5.74, 6) is 0. The molecule has 9 nitrogen and oxygen atoms in total. The molecule has 3 aliphatic carbocycles. The Balaban J connectivity index is 1.21. The van der Waals surface area contributed by atoms with E-state index in [4.69, 9.17) is 4.98 Å². The van der Waals surface area contributed by atoms with Crippen molar-refractivity contribution in [2.24, 2.45) is 0 Å². The molecule has 0 amide bonds. The van der Waals surface area contributed by atoms with Crippen LogP contribution < -0.4 is 14.8 Å². The summed E-state index contributed by atoms with van der Waals surface area (Å²) in [5, 5.41) is 0.824. The largest absolute Gasteiger partial charge is 0.369 e. The van der Waals surface area contributed by atoms with Crippen LogP contribution in [0.5, 0.6) is 0 Å². The molecule has 1 aromatic carbocycles. The highest BCUT2D eigenvalue weighted by molar-refractivity contribution is 7.90. The van der Waals surface area contributed by atoms with Gasteiger partial charge in [0.1, 0.15) is 0 Å². The highest BCUT2D eigenvalue weighted by Crippen LogP contribution is 2.37. The van der Waals surface area contributed by atoms with E-state index in [1.54, 1.807) is 19.9 Å². The van der Waals surface area contributed by atoms with Crippen molar-refractivity contribution in [2.45, 2.75) is 62.9 Å². The van der Waals surface area contributed by atoms with E-state index in [2.05, 4.69) is 47.6 Å². The van der Waals surface area contributed by atoms with E-state index in [1.807, 2.05) is 0 Å². The number of anilines is 1. The molecule has 42 heavy (non-hydrogen) atoms. The number of piperazine rings is 2. The van der Waals surface area contributed by atoms with E-state index in [1.165, 1.54) is 11.1 Å². The fourth-order valence-electron chi connectivity index (χ4n) is 6.40. The van der Waals surface area contributed by atoms with Crippen molar-refractivity contribution in [3.63, 3.8) is 0 Å². The summed E-state index contributed by atoms with van der Waals surface area (Å²) in [6.07, 6.45) is 4.95. The van der Waals surface area contributed by atoms with Gasteiger partial charge in [-0.15, -0.1) is 11.3 Å². The van der Waals surface area contributed by atoms with E-state index in [-0.39, 0.29) is 10.5 Å². The Kier molecular flexibility index (Phi) is 7.36. The normalized spacial score (nSPS) is 21.5. The maximum atomic E-state index is 12.7. The summed E-state index contributed by atoms with van der Waals surface area (Å²) < 4.78 is 57.8. The first kappa shape index (κ1) is 28.6. The van der Waals surface area contributed by atoms with Crippen LogP contribution in [0, 0.1) is 0 Å². The van der Waals surface area contributed by atoms with Gasteiger partial charge >= 0.3 is 0 Å². The molecular formula is C30H40N5O4S3+. The van der Waals surface area contributed by atoms with E-state index < -0.39 is 20.0 Å². The van der Waals surface area contributed by atoms with Crippen LogP contribution >= 0.6 is 11.3 Å². The summed E-state index contributed by atoms with van der Waals surface area (Å²) in [4.78, 5) is 8.69. The SMILES string of the molecule is CCc1cc(=[N+]2CCN(S(=O)(=O)C3CC3)CC2)cc2sc3cc(N4CCN(S(=O)(=O)C5CC5)CC4)cc(CC)c3nc1-2. The number of aromatic nitrogens is 1. The highest BCUT2D eigenvalue weighted by Gasteiger charge is 2.42. The van der Waals surface area contributed by atoms with Crippen LogP contribution in [0.15, 0.2) is 24.3 Å². The lowest BCUT2D eigenvalue weighted by atomic mass is 10.1. The predicted octanol–water partition coefficient (Wildman–Crippen LogP) is 2.72. The van der Waals surface area contributed by atoms with Gasteiger partial charge in [0, 0.05) is 44.0 Å². The second-order valence-electron chi connectivity index (χ2n) is 12.1. The van der Waals surface area contributed by atoms with Crippen LogP contribution in [-0.4, -0.2) is 93.3 Å². The van der Waals surface area contributed by atoms with Crippen molar-refractivity contribution in [3.8, 4) is 10.6 Å². The molecule has 1 aromatic rings. The lowest BCUT2D eigenvalue weighted by molar-refractivity contribution is 0.329. The quantitative estimate of drug-likeness (QED) is 0.295. The van der Waals surface area contributed by atoms with Gasteiger partial charge in [-0.05, 0) is 61.8 Å². The number of hydrogen-bond acceptors (Lipinski definition) is 7. The Hall–Kier alpha value is -2.12. The van der Waals surface area contributed by atoms with Gasteiger partial charge in [-0.3, -0.25) is 0 Å². The molecule has 0 bridgehead atoms. The summed E-state index contributed by atoms with van der Waals surface area (Å²) in [6.45, 7) is 9.26. The van der Waals surface area contributed by atoms with E-state index >= 15 is 0 Å². The predicted molar refractivity (Wildman–Crippen MR) is 169 cm³/mol. The molecule has 12 heteroatoms. The molecule has 3 aliphatic heterocycles. The zero-order valence-corrected chi connectivity index (χ0v) is 26.9. The Morgan fingerprint density at radius 2 is 1.38 bits per heavy atom. The van der Waals surface area contributed by atoms with Gasteiger partial charge in [0.15, 0.2) is 13.1 Å². The van der Waals surface area contributed by atoms with Crippen LogP contribution in [0.3, 0.4) is 0 Å². The summed E-state index contributed by atoms with van der Waals surface area (Å²) in [5.41, 5.74) is 5.67.